The Kier molecular flexibility index (Phi) is 3.89. The maximum atomic E-state index is 9.83. The van der Waals surface area contributed by atoms with Crippen LogP contribution in [-0.2, 0) is 0 Å². The molecule has 17 heavy (non-hydrogen) atoms. The molecule has 0 spiro atoms. The molecule has 3 heteroatoms. The molecule has 1 aliphatic carbocycles. The van der Waals surface area contributed by atoms with Crippen LogP contribution in [0.5, 0.6) is 5.75 Å². The smallest absolute Gasteiger partial charge is 0.120 e. The third-order valence-electron chi connectivity index (χ3n) is 3.62. The highest BCUT2D eigenvalue weighted by Crippen LogP contribution is 2.28. The lowest BCUT2D eigenvalue weighted by Gasteiger charge is -2.25. The normalized spacial score (nSPS) is 23.7. The highest BCUT2D eigenvalue weighted by atomic mass is 16.5. The van der Waals surface area contributed by atoms with E-state index in [-0.39, 0.29) is 6.10 Å². The molecule has 0 aliphatic heterocycles. The van der Waals surface area contributed by atoms with E-state index >= 15 is 0 Å². The van der Waals surface area contributed by atoms with E-state index in [2.05, 4.69) is 18.0 Å². The number of benzene rings is 1. The molecule has 0 saturated heterocycles. The number of hydrogen-bond acceptors (Lipinski definition) is 3. The average molecular weight is 235 g/mol. The summed E-state index contributed by atoms with van der Waals surface area (Å²) < 4.78 is 5.22. The third-order valence-corrected chi connectivity index (χ3v) is 3.62. The summed E-state index contributed by atoms with van der Waals surface area (Å²) in [5.41, 5.74) is 1.14. The largest absolute Gasteiger partial charge is 0.497 e. The van der Waals surface area contributed by atoms with E-state index in [9.17, 15) is 5.11 Å². The van der Waals surface area contributed by atoms with E-state index < -0.39 is 0 Å². The van der Waals surface area contributed by atoms with Gasteiger partial charge in [0.25, 0.3) is 0 Å². The quantitative estimate of drug-likeness (QED) is 0.869. The monoisotopic (exact) mass is 235 g/mol. The van der Waals surface area contributed by atoms with Crippen molar-refractivity contribution < 1.29 is 9.84 Å². The van der Waals surface area contributed by atoms with Crippen LogP contribution in [0.2, 0.25) is 0 Å². The molecule has 1 saturated carbocycles. The van der Waals surface area contributed by atoms with Crippen molar-refractivity contribution in [2.24, 2.45) is 5.92 Å². The molecule has 1 aromatic rings. The van der Waals surface area contributed by atoms with Gasteiger partial charge in [-0.25, -0.2) is 0 Å². The summed E-state index contributed by atoms with van der Waals surface area (Å²) in [7, 11) is 3.75. The van der Waals surface area contributed by atoms with Crippen LogP contribution in [0.1, 0.15) is 19.3 Å². The van der Waals surface area contributed by atoms with E-state index in [1.54, 1.807) is 7.11 Å². The van der Waals surface area contributed by atoms with Crippen LogP contribution in [0.3, 0.4) is 0 Å². The van der Waals surface area contributed by atoms with E-state index in [4.69, 9.17) is 4.74 Å². The van der Waals surface area contributed by atoms with Crippen molar-refractivity contribution in [2.45, 2.75) is 25.4 Å². The lowest BCUT2D eigenvalue weighted by Crippen LogP contribution is -2.29. The van der Waals surface area contributed by atoms with Gasteiger partial charge in [-0.1, -0.05) is 12.5 Å². The van der Waals surface area contributed by atoms with Crippen LogP contribution in [-0.4, -0.2) is 31.9 Å². The lowest BCUT2D eigenvalue weighted by atomic mass is 10.1. The number of ether oxygens (including phenoxy) is 1. The van der Waals surface area contributed by atoms with Gasteiger partial charge in [-0.2, -0.15) is 0 Å². The Labute approximate surface area is 103 Å². The Morgan fingerprint density at radius 1 is 1.41 bits per heavy atom. The fourth-order valence-corrected chi connectivity index (χ4v) is 2.54. The molecule has 2 unspecified atom stereocenters. The molecule has 3 nitrogen and oxygen atoms in total. The van der Waals surface area contributed by atoms with Gasteiger partial charge in [0.1, 0.15) is 5.75 Å². The highest BCUT2D eigenvalue weighted by Gasteiger charge is 2.26. The van der Waals surface area contributed by atoms with E-state index in [0.717, 1.165) is 37.2 Å². The molecule has 0 amide bonds. The molecule has 0 radical (unpaired) electrons. The Bertz CT molecular complexity index is 367. The first-order valence-corrected chi connectivity index (χ1v) is 6.24. The van der Waals surface area contributed by atoms with Gasteiger partial charge in [-0.05, 0) is 25.0 Å². The van der Waals surface area contributed by atoms with Gasteiger partial charge in [-0.3, -0.25) is 0 Å². The average Bonchev–Trinajstić information content (AvgIpc) is 2.75. The predicted octanol–water partition coefficient (Wildman–Crippen LogP) is 2.29. The zero-order valence-corrected chi connectivity index (χ0v) is 10.6. The molecule has 94 valence electrons. The van der Waals surface area contributed by atoms with Crippen molar-refractivity contribution in [3.05, 3.63) is 24.3 Å². The SMILES string of the molecule is COc1cccc(N(C)CC2CCCC2O)c1. The highest BCUT2D eigenvalue weighted by molar-refractivity contribution is 5.50. The number of nitrogens with zero attached hydrogens (tertiary/aromatic N) is 1. The molecule has 2 atom stereocenters. The maximum Gasteiger partial charge on any atom is 0.120 e. The summed E-state index contributed by atoms with van der Waals surface area (Å²) in [5, 5.41) is 9.83. The van der Waals surface area contributed by atoms with Gasteiger partial charge in [0.05, 0.1) is 13.2 Å². The molecule has 1 aliphatic rings. The number of methoxy groups -OCH3 is 1. The molecular formula is C14H21NO2. The lowest BCUT2D eigenvalue weighted by molar-refractivity contribution is 0.136. The molecular weight excluding hydrogens is 214 g/mol. The van der Waals surface area contributed by atoms with E-state index in [0.29, 0.717) is 5.92 Å². The Balaban J connectivity index is 2.00. The van der Waals surface area contributed by atoms with Gasteiger partial charge in [0.2, 0.25) is 0 Å². The van der Waals surface area contributed by atoms with Crippen molar-refractivity contribution in [2.75, 3.05) is 25.6 Å². The van der Waals surface area contributed by atoms with Crippen molar-refractivity contribution in [1.29, 1.82) is 0 Å². The first kappa shape index (κ1) is 12.2. The fraction of sp³-hybridized carbons (Fsp3) is 0.571. The van der Waals surface area contributed by atoms with Gasteiger partial charge < -0.3 is 14.7 Å². The van der Waals surface area contributed by atoms with Crippen LogP contribution in [0.4, 0.5) is 5.69 Å². The molecule has 0 heterocycles. The Morgan fingerprint density at radius 3 is 2.88 bits per heavy atom. The molecule has 0 bridgehead atoms. The number of anilines is 1. The number of rotatable bonds is 4. The summed E-state index contributed by atoms with van der Waals surface area (Å²) in [6.07, 6.45) is 3.12. The molecule has 0 aromatic heterocycles. The first-order valence-electron chi connectivity index (χ1n) is 6.24. The zero-order valence-electron chi connectivity index (χ0n) is 10.6. The van der Waals surface area contributed by atoms with Gasteiger partial charge in [-0.15, -0.1) is 0 Å². The predicted molar refractivity (Wildman–Crippen MR) is 69.6 cm³/mol. The summed E-state index contributed by atoms with van der Waals surface area (Å²) in [4.78, 5) is 2.20. The van der Waals surface area contributed by atoms with Gasteiger partial charge in [0, 0.05) is 31.3 Å². The third kappa shape index (κ3) is 2.91. The van der Waals surface area contributed by atoms with Crippen molar-refractivity contribution in [3.63, 3.8) is 0 Å². The van der Waals surface area contributed by atoms with Gasteiger partial charge in [0.15, 0.2) is 0 Å². The van der Waals surface area contributed by atoms with Crippen LogP contribution in [0.25, 0.3) is 0 Å². The summed E-state index contributed by atoms with van der Waals surface area (Å²) in [5.74, 6) is 1.28. The summed E-state index contributed by atoms with van der Waals surface area (Å²) in [6.45, 7) is 0.911. The second-order valence-electron chi connectivity index (χ2n) is 4.84. The van der Waals surface area contributed by atoms with Crippen molar-refractivity contribution in [3.8, 4) is 5.75 Å². The van der Waals surface area contributed by atoms with E-state index in [1.807, 2.05) is 18.2 Å². The Morgan fingerprint density at radius 2 is 2.24 bits per heavy atom. The second-order valence-corrected chi connectivity index (χ2v) is 4.84. The molecule has 1 aromatic carbocycles. The standard InChI is InChI=1S/C14H21NO2/c1-15(10-11-5-3-8-14(11)16)12-6-4-7-13(9-12)17-2/h4,6-7,9,11,14,16H,3,5,8,10H2,1-2H3. The van der Waals surface area contributed by atoms with E-state index in [1.165, 1.54) is 0 Å². The first-order chi connectivity index (χ1) is 8.20. The van der Waals surface area contributed by atoms with Crippen molar-refractivity contribution >= 4 is 5.69 Å². The fourth-order valence-electron chi connectivity index (χ4n) is 2.54. The minimum absolute atomic E-state index is 0.122. The minimum Gasteiger partial charge on any atom is -0.497 e. The minimum atomic E-state index is -0.122. The molecule has 1 fully saturated rings. The maximum absolute atomic E-state index is 9.83. The van der Waals surface area contributed by atoms with Crippen LogP contribution in [0, 0.1) is 5.92 Å². The number of aliphatic hydroxyl groups is 1. The summed E-state index contributed by atoms with van der Waals surface area (Å²) >= 11 is 0. The number of hydrogen-bond donors (Lipinski definition) is 1. The van der Waals surface area contributed by atoms with Crippen LogP contribution >= 0.6 is 0 Å². The van der Waals surface area contributed by atoms with Crippen LogP contribution in [0.15, 0.2) is 24.3 Å². The number of aliphatic hydroxyl groups excluding tert-OH is 1. The summed E-state index contributed by atoms with van der Waals surface area (Å²) in [6, 6.07) is 8.04. The Hall–Kier alpha value is -1.22. The topological polar surface area (TPSA) is 32.7 Å². The molecule has 1 N–H and O–H groups in total. The zero-order chi connectivity index (χ0) is 12.3. The van der Waals surface area contributed by atoms with Crippen LogP contribution < -0.4 is 9.64 Å². The second kappa shape index (κ2) is 5.41. The van der Waals surface area contributed by atoms with Crippen molar-refractivity contribution in [1.82, 2.24) is 0 Å². The van der Waals surface area contributed by atoms with Gasteiger partial charge >= 0.3 is 0 Å². The molecule has 2 rings (SSSR count).